The third kappa shape index (κ3) is 6.97. The molecule has 1 aromatic carbocycles. The SMILES string of the molecule is CN(Cc1cc(CNC(=O)C#Cc2ccc(C(F)(F)F)cn2)ccc1C=O)C1CCC(=O)NC1=O. The number of pyridine rings is 1. The second-order valence-electron chi connectivity index (χ2n) is 7.90. The van der Waals surface area contributed by atoms with Crippen molar-refractivity contribution in [1.29, 1.82) is 0 Å². The average Bonchev–Trinajstić information content (AvgIpc) is 2.81. The topological polar surface area (TPSA) is 108 Å². The van der Waals surface area contributed by atoms with Gasteiger partial charge in [-0.3, -0.25) is 29.4 Å². The normalized spacial score (nSPS) is 15.7. The fourth-order valence-electron chi connectivity index (χ4n) is 3.49. The van der Waals surface area contributed by atoms with Crippen LogP contribution in [0.15, 0.2) is 36.5 Å². The molecule has 2 heterocycles. The lowest BCUT2D eigenvalue weighted by Gasteiger charge is -2.30. The van der Waals surface area contributed by atoms with Gasteiger partial charge >= 0.3 is 6.18 Å². The van der Waals surface area contributed by atoms with Crippen molar-refractivity contribution in [2.24, 2.45) is 0 Å². The van der Waals surface area contributed by atoms with E-state index in [2.05, 4.69) is 27.5 Å². The Kier molecular flexibility index (Phi) is 7.98. The first-order chi connectivity index (χ1) is 16.6. The number of hydrogen-bond acceptors (Lipinski definition) is 6. The number of carbonyl (C=O) groups excluding carboxylic acids is 4. The predicted molar refractivity (Wildman–Crippen MR) is 117 cm³/mol. The molecule has 182 valence electrons. The lowest BCUT2D eigenvalue weighted by molar-refractivity contribution is -0.138. The Morgan fingerprint density at radius 1 is 1.29 bits per heavy atom. The standard InChI is InChI=1S/C24H21F3N4O4/c1-31(20-7-9-22(34)30-23(20)35)13-17-10-15(2-3-16(17)14-32)11-29-21(33)8-6-19-5-4-18(12-28-19)24(25,26)27/h2-5,10,12,14,20H,7,9,11,13H2,1H3,(H,29,33)(H,30,34,35). The van der Waals surface area contributed by atoms with Crippen LogP contribution in [-0.4, -0.2) is 47.0 Å². The molecule has 1 aliphatic rings. The van der Waals surface area contributed by atoms with Gasteiger partial charge < -0.3 is 5.32 Å². The smallest absolute Gasteiger partial charge is 0.341 e. The Morgan fingerprint density at radius 3 is 2.69 bits per heavy atom. The molecule has 1 atom stereocenters. The zero-order chi connectivity index (χ0) is 25.6. The van der Waals surface area contributed by atoms with E-state index in [-0.39, 0.29) is 37.0 Å². The number of imide groups is 1. The van der Waals surface area contributed by atoms with Gasteiger partial charge in [-0.2, -0.15) is 13.2 Å². The Labute approximate surface area is 198 Å². The summed E-state index contributed by atoms with van der Waals surface area (Å²) in [5.74, 6) is 3.31. The molecule has 1 unspecified atom stereocenters. The second-order valence-corrected chi connectivity index (χ2v) is 7.90. The summed E-state index contributed by atoms with van der Waals surface area (Å²) >= 11 is 0. The van der Waals surface area contributed by atoms with Crippen molar-refractivity contribution in [2.75, 3.05) is 7.05 Å². The number of aldehydes is 1. The van der Waals surface area contributed by atoms with Crippen LogP contribution in [-0.2, 0) is 33.6 Å². The fraction of sp³-hybridized carbons (Fsp3) is 0.292. The van der Waals surface area contributed by atoms with Crippen LogP contribution in [0.1, 0.15) is 45.6 Å². The lowest BCUT2D eigenvalue weighted by atomic mass is 10.0. The number of amides is 3. The number of nitrogens with one attached hydrogen (secondary N) is 2. The molecule has 1 aliphatic heterocycles. The van der Waals surface area contributed by atoms with E-state index >= 15 is 0 Å². The number of halogens is 3. The van der Waals surface area contributed by atoms with Crippen LogP contribution in [0.5, 0.6) is 0 Å². The highest BCUT2D eigenvalue weighted by atomic mass is 19.4. The van der Waals surface area contributed by atoms with E-state index in [0.29, 0.717) is 35.6 Å². The van der Waals surface area contributed by atoms with E-state index in [1.54, 1.807) is 30.1 Å². The zero-order valence-electron chi connectivity index (χ0n) is 18.6. The second kappa shape index (κ2) is 10.9. The highest BCUT2D eigenvalue weighted by Crippen LogP contribution is 2.28. The number of piperidine rings is 1. The molecule has 1 saturated heterocycles. The summed E-state index contributed by atoms with van der Waals surface area (Å²) in [5.41, 5.74) is 0.837. The summed E-state index contributed by atoms with van der Waals surface area (Å²) in [7, 11) is 1.72. The minimum absolute atomic E-state index is 0.0160. The van der Waals surface area contributed by atoms with E-state index in [1.807, 2.05) is 0 Å². The van der Waals surface area contributed by atoms with Gasteiger partial charge in [0.1, 0.15) is 12.0 Å². The summed E-state index contributed by atoms with van der Waals surface area (Å²) in [6.45, 7) is 0.351. The number of carbonyl (C=O) groups is 4. The van der Waals surface area contributed by atoms with Crippen LogP contribution < -0.4 is 10.6 Å². The Hall–Kier alpha value is -4.04. The lowest BCUT2D eigenvalue weighted by Crippen LogP contribution is -2.51. The van der Waals surface area contributed by atoms with Gasteiger partial charge in [-0.15, -0.1) is 0 Å². The van der Waals surface area contributed by atoms with Gasteiger partial charge in [0.2, 0.25) is 11.8 Å². The van der Waals surface area contributed by atoms with Crippen molar-refractivity contribution in [3.63, 3.8) is 0 Å². The van der Waals surface area contributed by atoms with Gasteiger partial charge in [0, 0.05) is 37.2 Å². The molecule has 3 amide bonds. The molecule has 2 N–H and O–H groups in total. The quantitative estimate of drug-likeness (QED) is 0.366. The number of likely N-dealkylation sites (N-methyl/N-ethyl adjacent to an activating group) is 1. The highest BCUT2D eigenvalue weighted by Gasteiger charge is 2.31. The van der Waals surface area contributed by atoms with Gasteiger partial charge in [0.05, 0.1) is 11.6 Å². The van der Waals surface area contributed by atoms with Crippen LogP contribution in [0.4, 0.5) is 13.2 Å². The monoisotopic (exact) mass is 486 g/mol. The minimum atomic E-state index is -4.51. The molecular formula is C24H21F3N4O4. The van der Waals surface area contributed by atoms with Crippen LogP contribution in [0.2, 0.25) is 0 Å². The first kappa shape index (κ1) is 25.6. The molecule has 0 aliphatic carbocycles. The summed E-state index contributed by atoms with van der Waals surface area (Å²) in [4.78, 5) is 52.3. The number of nitrogens with zero attached hydrogens (tertiary/aromatic N) is 2. The van der Waals surface area contributed by atoms with Crippen molar-refractivity contribution in [3.05, 3.63) is 64.5 Å². The summed E-state index contributed by atoms with van der Waals surface area (Å²) in [6, 6.07) is 6.37. The van der Waals surface area contributed by atoms with E-state index in [1.165, 1.54) is 0 Å². The Balaban J connectivity index is 1.62. The van der Waals surface area contributed by atoms with Gasteiger partial charge in [-0.05, 0) is 42.6 Å². The zero-order valence-corrected chi connectivity index (χ0v) is 18.6. The van der Waals surface area contributed by atoms with Crippen molar-refractivity contribution < 1.29 is 32.3 Å². The molecule has 35 heavy (non-hydrogen) atoms. The van der Waals surface area contributed by atoms with Gasteiger partial charge in [-0.1, -0.05) is 18.2 Å². The maximum atomic E-state index is 12.6. The number of hydrogen-bond donors (Lipinski definition) is 2. The van der Waals surface area contributed by atoms with E-state index in [0.717, 1.165) is 12.1 Å². The predicted octanol–water partition coefficient (Wildman–Crippen LogP) is 1.82. The van der Waals surface area contributed by atoms with Crippen LogP contribution in [0.3, 0.4) is 0 Å². The third-order valence-electron chi connectivity index (χ3n) is 5.34. The van der Waals surface area contributed by atoms with E-state index in [9.17, 15) is 32.3 Å². The Morgan fingerprint density at radius 2 is 2.06 bits per heavy atom. The summed E-state index contributed by atoms with van der Waals surface area (Å²) in [6.07, 6.45) is -2.57. The average molecular weight is 486 g/mol. The molecule has 0 radical (unpaired) electrons. The molecule has 11 heteroatoms. The van der Waals surface area contributed by atoms with Crippen molar-refractivity contribution in [1.82, 2.24) is 20.5 Å². The maximum Gasteiger partial charge on any atom is 0.417 e. The number of rotatable bonds is 6. The molecule has 8 nitrogen and oxygen atoms in total. The van der Waals surface area contributed by atoms with Gasteiger partial charge in [0.15, 0.2) is 0 Å². The first-order valence-corrected chi connectivity index (χ1v) is 10.5. The Bertz CT molecular complexity index is 1200. The molecule has 0 spiro atoms. The van der Waals surface area contributed by atoms with Crippen LogP contribution in [0, 0.1) is 11.8 Å². The fourth-order valence-corrected chi connectivity index (χ4v) is 3.49. The highest BCUT2D eigenvalue weighted by molar-refractivity contribution is 6.00. The van der Waals surface area contributed by atoms with Crippen molar-refractivity contribution >= 4 is 24.0 Å². The first-order valence-electron chi connectivity index (χ1n) is 10.5. The van der Waals surface area contributed by atoms with E-state index in [4.69, 9.17) is 0 Å². The van der Waals surface area contributed by atoms with Crippen molar-refractivity contribution in [3.8, 4) is 11.8 Å². The minimum Gasteiger partial charge on any atom is -0.341 e. The molecule has 2 aromatic rings. The molecule has 3 rings (SSSR count). The number of aromatic nitrogens is 1. The van der Waals surface area contributed by atoms with Crippen LogP contribution in [0.25, 0.3) is 0 Å². The molecule has 1 aromatic heterocycles. The number of alkyl halides is 3. The largest absolute Gasteiger partial charge is 0.417 e. The molecular weight excluding hydrogens is 465 g/mol. The van der Waals surface area contributed by atoms with Gasteiger partial charge in [-0.25, -0.2) is 4.98 Å². The maximum absolute atomic E-state index is 12.6. The molecule has 1 fully saturated rings. The summed E-state index contributed by atoms with van der Waals surface area (Å²) in [5, 5.41) is 4.87. The van der Waals surface area contributed by atoms with Crippen molar-refractivity contribution in [2.45, 2.75) is 38.1 Å². The van der Waals surface area contributed by atoms with Crippen LogP contribution >= 0.6 is 0 Å². The number of benzene rings is 1. The third-order valence-corrected chi connectivity index (χ3v) is 5.34. The van der Waals surface area contributed by atoms with E-state index < -0.39 is 23.7 Å². The molecule has 0 saturated carbocycles. The summed E-state index contributed by atoms with van der Waals surface area (Å²) < 4.78 is 37.7. The molecule has 0 bridgehead atoms. The van der Waals surface area contributed by atoms with Gasteiger partial charge in [0.25, 0.3) is 5.91 Å².